The predicted octanol–water partition coefficient (Wildman–Crippen LogP) is 3.68. The van der Waals surface area contributed by atoms with Crippen LogP contribution in [0.5, 0.6) is 5.75 Å². The molecule has 17 heavy (non-hydrogen) atoms. The van der Waals surface area contributed by atoms with E-state index in [0.29, 0.717) is 12.2 Å². The first-order valence-corrected chi connectivity index (χ1v) is 6.96. The van der Waals surface area contributed by atoms with Gasteiger partial charge < -0.3 is 4.74 Å². The molecule has 86 valence electrons. The van der Waals surface area contributed by atoms with Crippen molar-refractivity contribution >= 4 is 33.0 Å². The van der Waals surface area contributed by atoms with E-state index in [2.05, 4.69) is 15.9 Å². The quantitative estimate of drug-likeness (QED) is 0.791. The van der Waals surface area contributed by atoms with E-state index in [1.807, 2.05) is 29.6 Å². The molecule has 0 unspecified atom stereocenters. The van der Waals surface area contributed by atoms with Crippen molar-refractivity contribution in [3.05, 3.63) is 50.1 Å². The molecule has 0 saturated carbocycles. The van der Waals surface area contributed by atoms with Crippen molar-refractivity contribution in [1.29, 1.82) is 0 Å². The summed E-state index contributed by atoms with van der Waals surface area (Å²) in [6.45, 7) is 0.663. The summed E-state index contributed by atoms with van der Waals surface area (Å²) >= 11 is 4.90. The van der Waals surface area contributed by atoms with Gasteiger partial charge >= 0.3 is 0 Å². The first-order chi connectivity index (χ1) is 8.25. The van der Waals surface area contributed by atoms with E-state index >= 15 is 0 Å². The van der Waals surface area contributed by atoms with Gasteiger partial charge in [0.1, 0.15) is 5.75 Å². The molecule has 0 N–H and O–H groups in total. The highest BCUT2D eigenvalue weighted by molar-refractivity contribution is 9.10. The Labute approximate surface area is 111 Å². The second kappa shape index (κ2) is 4.27. The molecule has 2 aromatic rings. The number of hydrogen-bond donors (Lipinski definition) is 0. The molecule has 0 radical (unpaired) electrons. The highest BCUT2D eigenvalue weighted by Crippen LogP contribution is 2.34. The Morgan fingerprint density at radius 1 is 1.41 bits per heavy atom. The monoisotopic (exact) mass is 308 g/mol. The van der Waals surface area contributed by atoms with Crippen molar-refractivity contribution in [2.75, 3.05) is 6.61 Å². The number of halogens is 1. The second-order valence-corrected chi connectivity index (χ2v) is 5.71. The van der Waals surface area contributed by atoms with E-state index in [1.54, 1.807) is 0 Å². The molecular weight excluding hydrogens is 300 g/mol. The number of hydrogen-bond acceptors (Lipinski definition) is 3. The Hall–Kier alpha value is -1.13. The molecule has 2 heterocycles. The maximum Gasteiger partial charge on any atom is 0.206 e. The molecule has 0 saturated heterocycles. The Balaban J connectivity index is 2.12. The third kappa shape index (κ3) is 1.91. The van der Waals surface area contributed by atoms with Crippen LogP contribution >= 0.6 is 27.3 Å². The van der Waals surface area contributed by atoms with Crippen LogP contribution in [0.2, 0.25) is 0 Å². The van der Waals surface area contributed by atoms with Crippen LogP contribution in [0.15, 0.2) is 34.1 Å². The van der Waals surface area contributed by atoms with E-state index in [4.69, 9.17) is 4.74 Å². The molecule has 1 aliphatic rings. The number of rotatable bonds is 2. The molecule has 0 atom stereocenters. The molecule has 0 aliphatic carbocycles. The molecule has 0 amide bonds. The summed E-state index contributed by atoms with van der Waals surface area (Å²) in [4.78, 5) is 13.1. The molecule has 0 spiro atoms. The van der Waals surface area contributed by atoms with E-state index < -0.39 is 0 Å². The van der Waals surface area contributed by atoms with E-state index in [0.717, 1.165) is 27.1 Å². The normalized spacial score (nSPS) is 13.2. The maximum absolute atomic E-state index is 12.3. The van der Waals surface area contributed by atoms with Crippen LogP contribution < -0.4 is 4.74 Å². The Morgan fingerprint density at radius 2 is 2.29 bits per heavy atom. The van der Waals surface area contributed by atoms with E-state index in [-0.39, 0.29) is 5.78 Å². The minimum absolute atomic E-state index is 0.0412. The van der Waals surface area contributed by atoms with Gasteiger partial charge in [-0.05, 0) is 29.1 Å². The van der Waals surface area contributed by atoms with Gasteiger partial charge in [-0.2, -0.15) is 0 Å². The molecular formula is C13H9BrO2S. The summed E-state index contributed by atoms with van der Waals surface area (Å²) in [6, 6.07) is 7.59. The highest BCUT2D eigenvalue weighted by atomic mass is 79.9. The summed E-state index contributed by atoms with van der Waals surface area (Å²) in [7, 11) is 0. The smallest absolute Gasteiger partial charge is 0.206 e. The van der Waals surface area contributed by atoms with Gasteiger partial charge in [0.2, 0.25) is 5.78 Å². The van der Waals surface area contributed by atoms with Gasteiger partial charge in [-0.1, -0.05) is 22.0 Å². The van der Waals surface area contributed by atoms with E-state index in [9.17, 15) is 4.79 Å². The molecule has 2 nitrogen and oxygen atoms in total. The van der Waals surface area contributed by atoms with Crippen molar-refractivity contribution in [3.63, 3.8) is 0 Å². The maximum atomic E-state index is 12.3. The second-order valence-electron chi connectivity index (χ2n) is 3.85. The van der Waals surface area contributed by atoms with Crippen molar-refractivity contribution in [3.8, 4) is 5.75 Å². The summed E-state index contributed by atoms with van der Waals surface area (Å²) in [5.74, 6) is 0.797. The van der Waals surface area contributed by atoms with Gasteiger partial charge in [0.05, 0.1) is 17.0 Å². The molecule has 0 fully saturated rings. The lowest BCUT2D eigenvalue weighted by Crippen LogP contribution is -2.01. The first-order valence-electron chi connectivity index (χ1n) is 5.29. The zero-order valence-electron chi connectivity index (χ0n) is 8.90. The molecule has 0 bridgehead atoms. The van der Waals surface area contributed by atoms with Crippen molar-refractivity contribution in [2.24, 2.45) is 0 Å². The zero-order valence-corrected chi connectivity index (χ0v) is 11.3. The van der Waals surface area contributed by atoms with Crippen LogP contribution in [0, 0.1) is 0 Å². The lowest BCUT2D eigenvalue weighted by Gasteiger charge is -2.07. The van der Waals surface area contributed by atoms with Gasteiger partial charge in [0.15, 0.2) is 0 Å². The molecule has 4 heteroatoms. The number of carbonyl (C=O) groups excluding carboxylic acids is 1. The number of carbonyl (C=O) groups is 1. The minimum Gasteiger partial charge on any atom is -0.492 e. The van der Waals surface area contributed by atoms with Crippen LogP contribution in [0.1, 0.15) is 20.8 Å². The average Bonchev–Trinajstić information content (AvgIpc) is 2.97. The third-order valence-electron chi connectivity index (χ3n) is 2.74. The Bertz CT molecular complexity index is 575. The van der Waals surface area contributed by atoms with Crippen LogP contribution in [0.4, 0.5) is 0 Å². The summed E-state index contributed by atoms with van der Waals surface area (Å²) < 4.78 is 6.50. The minimum atomic E-state index is 0.0412. The fourth-order valence-corrected chi connectivity index (χ4v) is 3.16. The van der Waals surface area contributed by atoms with Gasteiger partial charge in [-0.3, -0.25) is 4.79 Å². The highest BCUT2D eigenvalue weighted by Gasteiger charge is 2.23. The molecule has 3 rings (SSSR count). The fraction of sp³-hybridized carbons (Fsp3) is 0.154. The topological polar surface area (TPSA) is 26.3 Å². The lowest BCUT2D eigenvalue weighted by molar-refractivity contribution is 0.103. The lowest BCUT2D eigenvalue weighted by atomic mass is 10.0. The zero-order chi connectivity index (χ0) is 11.8. The van der Waals surface area contributed by atoms with Gasteiger partial charge in [-0.15, -0.1) is 11.3 Å². The molecule has 1 aromatic carbocycles. The van der Waals surface area contributed by atoms with Crippen LogP contribution in [-0.2, 0) is 6.42 Å². The Kier molecular flexibility index (Phi) is 2.76. The summed E-state index contributed by atoms with van der Waals surface area (Å²) in [6.07, 6.45) is 0.874. The number of fused-ring (bicyclic) bond motifs is 1. The molecule has 1 aliphatic heterocycles. The Morgan fingerprint density at radius 3 is 3.06 bits per heavy atom. The summed E-state index contributed by atoms with van der Waals surface area (Å²) in [5, 5.41) is 1.91. The predicted molar refractivity (Wildman–Crippen MR) is 71.1 cm³/mol. The standard InChI is InChI=1S/C13H9BrO2S/c14-9-6-8-3-4-16-13(8)10(7-9)12(15)11-2-1-5-17-11/h1-2,5-7H,3-4H2. The molecule has 1 aromatic heterocycles. The SMILES string of the molecule is O=C(c1cccs1)c1cc(Br)cc2c1OCC2. The van der Waals surface area contributed by atoms with Crippen LogP contribution in [-0.4, -0.2) is 12.4 Å². The number of thiophene rings is 1. The van der Waals surface area contributed by atoms with Crippen LogP contribution in [0.3, 0.4) is 0 Å². The number of ketones is 1. The largest absolute Gasteiger partial charge is 0.492 e. The van der Waals surface area contributed by atoms with Gasteiger partial charge in [-0.25, -0.2) is 0 Å². The van der Waals surface area contributed by atoms with Crippen LogP contribution in [0.25, 0.3) is 0 Å². The fourth-order valence-electron chi connectivity index (χ4n) is 1.98. The van der Waals surface area contributed by atoms with E-state index in [1.165, 1.54) is 11.3 Å². The van der Waals surface area contributed by atoms with Gasteiger partial charge in [0, 0.05) is 10.9 Å². The first kappa shape index (κ1) is 11.0. The van der Waals surface area contributed by atoms with Gasteiger partial charge in [0.25, 0.3) is 0 Å². The summed E-state index contributed by atoms with van der Waals surface area (Å²) in [5.41, 5.74) is 1.77. The number of benzene rings is 1. The van der Waals surface area contributed by atoms with Crippen molar-refractivity contribution in [1.82, 2.24) is 0 Å². The third-order valence-corrected chi connectivity index (χ3v) is 4.06. The average molecular weight is 309 g/mol. The van der Waals surface area contributed by atoms with Crippen molar-refractivity contribution in [2.45, 2.75) is 6.42 Å². The number of ether oxygens (including phenoxy) is 1. The van der Waals surface area contributed by atoms with Crippen molar-refractivity contribution < 1.29 is 9.53 Å².